The van der Waals surface area contributed by atoms with Crippen LogP contribution in [0.15, 0.2) is 27.8 Å². The molecule has 1 aromatic carbocycles. The van der Waals surface area contributed by atoms with Gasteiger partial charge in [0.25, 0.3) is 5.22 Å². The van der Waals surface area contributed by atoms with Crippen molar-refractivity contribution in [3.8, 4) is 0 Å². The zero-order valence-electron chi connectivity index (χ0n) is 17.8. The molecule has 1 N–H and O–H groups in total. The second-order valence-electron chi connectivity index (χ2n) is 8.45. The summed E-state index contributed by atoms with van der Waals surface area (Å²) in [5.41, 5.74) is 3.15. The van der Waals surface area contributed by atoms with E-state index in [1.807, 2.05) is 20.8 Å². The Morgan fingerprint density at radius 3 is 2.61 bits per heavy atom. The van der Waals surface area contributed by atoms with Crippen molar-refractivity contribution in [3.05, 3.63) is 40.8 Å². The molecule has 154 valence electrons. The topological polar surface area (TPSA) is 77.2 Å². The van der Waals surface area contributed by atoms with Crippen LogP contribution in [0.4, 0.5) is 4.79 Å². The number of hydrogen-bond donors (Lipinski definition) is 1. The van der Waals surface area contributed by atoms with Gasteiger partial charge in [-0.25, -0.2) is 4.79 Å². The Morgan fingerprint density at radius 1 is 1.25 bits per heavy atom. The lowest BCUT2D eigenvalue weighted by Gasteiger charge is -2.22. The average Bonchev–Trinajstić information content (AvgIpc) is 3.02. The molecule has 0 spiro atoms. The van der Waals surface area contributed by atoms with E-state index in [1.165, 1.54) is 28.5 Å². The highest BCUT2D eigenvalue weighted by atomic mass is 32.2. The Kier molecular flexibility index (Phi) is 7.52. The number of nitrogens with zero attached hydrogens (tertiary/aromatic N) is 2. The van der Waals surface area contributed by atoms with Gasteiger partial charge in [0.1, 0.15) is 11.6 Å². The zero-order chi connectivity index (χ0) is 20.9. The number of rotatable bonds is 7. The van der Waals surface area contributed by atoms with Gasteiger partial charge in [-0.05, 0) is 58.1 Å². The number of benzene rings is 1. The molecule has 2 rings (SSSR count). The Hall–Kier alpha value is -2.02. The Labute approximate surface area is 171 Å². The van der Waals surface area contributed by atoms with E-state index in [0.29, 0.717) is 23.5 Å². The first-order valence-electron chi connectivity index (χ1n) is 9.55. The Bertz CT molecular complexity index is 796. The summed E-state index contributed by atoms with van der Waals surface area (Å²) < 4.78 is 11.2. The molecular weight excluding hydrogens is 374 g/mol. The summed E-state index contributed by atoms with van der Waals surface area (Å²) in [6.07, 6.45) is 0.198. The fraction of sp³-hybridized carbons (Fsp3) is 0.571. The second kappa shape index (κ2) is 9.45. The van der Waals surface area contributed by atoms with Crippen molar-refractivity contribution in [3.63, 3.8) is 0 Å². The van der Waals surface area contributed by atoms with Gasteiger partial charge in [0.15, 0.2) is 0 Å². The van der Waals surface area contributed by atoms with Crippen LogP contribution in [0.2, 0.25) is 0 Å². The summed E-state index contributed by atoms with van der Waals surface area (Å²) in [4.78, 5) is 12.2. The highest BCUT2D eigenvalue weighted by Crippen LogP contribution is 2.27. The lowest BCUT2D eigenvalue weighted by Crippen LogP contribution is -2.35. The third-order valence-electron chi connectivity index (χ3n) is 3.97. The fourth-order valence-electron chi connectivity index (χ4n) is 2.66. The molecule has 0 bridgehead atoms. The first-order valence-corrected chi connectivity index (χ1v) is 10.5. The van der Waals surface area contributed by atoms with Crippen LogP contribution in [-0.2, 0) is 10.5 Å². The average molecular weight is 406 g/mol. The molecule has 6 nitrogen and oxygen atoms in total. The van der Waals surface area contributed by atoms with Crippen LogP contribution in [0.1, 0.15) is 69.7 Å². The van der Waals surface area contributed by atoms with E-state index in [-0.39, 0.29) is 6.04 Å². The number of nitrogens with one attached hydrogen (secondary N) is 1. The van der Waals surface area contributed by atoms with Crippen molar-refractivity contribution < 1.29 is 13.9 Å². The van der Waals surface area contributed by atoms with Crippen molar-refractivity contribution >= 4 is 17.9 Å². The molecule has 1 heterocycles. The van der Waals surface area contributed by atoms with Gasteiger partial charge in [0, 0.05) is 5.75 Å². The summed E-state index contributed by atoms with van der Waals surface area (Å²) in [6, 6.07) is 6.02. The predicted molar refractivity (Wildman–Crippen MR) is 111 cm³/mol. The standard InChI is InChI=1S/C21H31N3O3S/c1-13(2)10-17(22-19(25)27-21(5,6)7)18-23-24-20(26-18)28-12-16-11-14(3)8-9-15(16)4/h8-9,11,13,17H,10,12H2,1-7H3,(H,22,25)/t17-/m1/s1. The van der Waals surface area contributed by atoms with E-state index < -0.39 is 11.7 Å². The maximum atomic E-state index is 12.2. The molecule has 0 unspecified atom stereocenters. The van der Waals surface area contributed by atoms with Crippen LogP contribution in [0.5, 0.6) is 0 Å². The molecule has 2 aromatic rings. The molecule has 0 fully saturated rings. The monoisotopic (exact) mass is 405 g/mol. The molecule has 7 heteroatoms. The molecular formula is C21H31N3O3S. The number of alkyl carbamates (subject to hydrolysis) is 1. The molecule has 0 saturated carbocycles. The number of carbonyl (C=O) groups is 1. The van der Waals surface area contributed by atoms with Crippen molar-refractivity contribution in [1.29, 1.82) is 0 Å². The highest BCUT2D eigenvalue weighted by Gasteiger charge is 2.25. The third kappa shape index (κ3) is 7.19. The minimum Gasteiger partial charge on any atom is -0.444 e. The summed E-state index contributed by atoms with van der Waals surface area (Å²) in [5.74, 6) is 1.50. The minimum absolute atomic E-state index is 0.345. The van der Waals surface area contributed by atoms with Gasteiger partial charge in [0.05, 0.1) is 0 Å². The zero-order valence-corrected chi connectivity index (χ0v) is 18.6. The minimum atomic E-state index is -0.562. The normalized spacial score (nSPS) is 12.9. The van der Waals surface area contributed by atoms with E-state index >= 15 is 0 Å². The van der Waals surface area contributed by atoms with Crippen molar-refractivity contribution in [2.24, 2.45) is 5.92 Å². The molecule has 1 atom stereocenters. The quantitative estimate of drug-likeness (QED) is 0.605. The fourth-order valence-corrected chi connectivity index (χ4v) is 3.49. The Balaban J connectivity index is 2.06. The summed E-state index contributed by atoms with van der Waals surface area (Å²) in [5, 5.41) is 11.7. The van der Waals surface area contributed by atoms with Gasteiger partial charge < -0.3 is 14.5 Å². The van der Waals surface area contributed by atoms with Gasteiger partial charge in [0.2, 0.25) is 5.89 Å². The van der Waals surface area contributed by atoms with Gasteiger partial charge in [-0.2, -0.15) is 0 Å². The summed E-state index contributed by atoms with van der Waals surface area (Å²) in [6.45, 7) is 13.8. The summed E-state index contributed by atoms with van der Waals surface area (Å²) >= 11 is 1.50. The van der Waals surface area contributed by atoms with Crippen LogP contribution >= 0.6 is 11.8 Å². The van der Waals surface area contributed by atoms with E-state index in [0.717, 1.165) is 5.75 Å². The largest absolute Gasteiger partial charge is 0.444 e. The number of thioether (sulfide) groups is 1. The smallest absolute Gasteiger partial charge is 0.408 e. The molecule has 28 heavy (non-hydrogen) atoms. The maximum absolute atomic E-state index is 12.2. The first kappa shape index (κ1) is 22.3. The van der Waals surface area contributed by atoms with Gasteiger partial charge >= 0.3 is 6.09 Å². The van der Waals surface area contributed by atoms with Crippen LogP contribution in [0, 0.1) is 19.8 Å². The van der Waals surface area contributed by atoms with E-state index in [2.05, 4.69) is 61.4 Å². The van der Waals surface area contributed by atoms with Crippen LogP contribution < -0.4 is 5.32 Å². The van der Waals surface area contributed by atoms with E-state index in [9.17, 15) is 4.79 Å². The molecule has 0 aliphatic rings. The maximum Gasteiger partial charge on any atom is 0.408 e. The number of carbonyl (C=O) groups excluding carboxylic acids is 1. The molecule has 0 saturated heterocycles. The third-order valence-corrected chi connectivity index (χ3v) is 4.84. The van der Waals surface area contributed by atoms with Crippen molar-refractivity contribution in [2.45, 2.75) is 77.5 Å². The van der Waals surface area contributed by atoms with Gasteiger partial charge in [-0.3, -0.25) is 0 Å². The van der Waals surface area contributed by atoms with E-state index in [4.69, 9.17) is 9.15 Å². The summed E-state index contributed by atoms with van der Waals surface area (Å²) in [7, 11) is 0. The lowest BCUT2D eigenvalue weighted by molar-refractivity contribution is 0.0487. The first-order chi connectivity index (χ1) is 13.0. The predicted octanol–water partition coefficient (Wildman–Crippen LogP) is 5.59. The molecule has 1 amide bonds. The van der Waals surface area contributed by atoms with Crippen molar-refractivity contribution in [2.75, 3.05) is 0 Å². The highest BCUT2D eigenvalue weighted by molar-refractivity contribution is 7.98. The number of ether oxygens (including phenoxy) is 1. The number of amides is 1. The number of hydrogen-bond acceptors (Lipinski definition) is 6. The van der Waals surface area contributed by atoms with Crippen LogP contribution in [-0.4, -0.2) is 21.9 Å². The molecule has 0 aliphatic heterocycles. The Morgan fingerprint density at radius 2 is 1.96 bits per heavy atom. The number of aromatic nitrogens is 2. The molecule has 1 aromatic heterocycles. The second-order valence-corrected chi connectivity index (χ2v) is 9.38. The van der Waals surface area contributed by atoms with Crippen molar-refractivity contribution in [1.82, 2.24) is 15.5 Å². The van der Waals surface area contributed by atoms with Crippen LogP contribution in [0.3, 0.4) is 0 Å². The SMILES string of the molecule is Cc1ccc(C)c(CSc2nnc([C@@H](CC(C)C)NC(=O)OC(C)(C)C)o2)c1. The molecule has 0 aliphatic carbocycles. The van der Waals surface area contributed by atoms with E-state index in [1.54, 1.807) is 0 Å². The van der Waals surface area contributed by atoms with Gasteiger partial charge in [-0.1, -0.05) is 49.4 Å². The van der Waals surface area contributed by atoms with Gasteiger partial charge in [-0.15, -0.1) is 10.2 Å². The molecule has 0 radical (unpaired) electrons. The lowest BCUT2D eigenvalue weighted by atomic mass is 10.0. The van der Waals surface area contributed by atoms with Crippen LogP contribution in [0.25, 0.3) is 0 Å². The number of aryl methyl sites for hydroxylation is 2.